The molecule has 2 N–H and O–H groups in total. The Hall–Kier alpha value is -3.99. The van der Waals surface area contributed by atoms with Crippen molar-refractivity contribution in [2.24, 2.45) is 11.8 Å². The number of carbonyl (C=O) groups excluding carboxylic acids is 3. The minimum atomic E-state index is -1.18. The molecule has 0 radical (unpaired) electrons. The summed E-state index contributed by atoms with van der Waals surface area (Å²) in [6.07, 6.45) is 3.40. The molecule has 2 unspecified atom stereocenters. The third-order valence-corrected chi connectivity index (χ3v) is 7.68. The lowest BCUT2D eigenvalue weighted by atomic mass is 9.84. The topological polar surface area (TPSA) is 139 Å². The van der Waals surface area contributed by atoms with Crippen molar-refractivity contribution in [1.29, 1.82) is 0 Å². The highest BCUT2D eigenvalue weighted by Gasteiger charge is 2.43. The first-order valence-corrected chi connectivity index (χ1v) is 12.5. The first kappa shape index (κ1) is 26.1. The summed E-state index contributed by atoms with van der Waals surface area (Å²) < 4.78 is 10.9. The fourth-order valence-corrected chi connectivity index (χ4v) is 5.74. The van der Waals surface area contributed by atoms with E-state index in [0.29, 0.717) is 45.6 Å². The number of methoxy groups -OCH3 is 1. The number of hydrogen-bond donors (Lipinski definition) is 2. The van der Waals surface area contributed by atoms with Gasteiger partial charge in [0, 0.05) is 12.5 Å². The highest BCUT2D eigenvalue weighted by atomic mass is 32.1. The fourth-order valence-electron chi connectivity index (χ4n) is 4.45. The van der Waals surface area contributed by atoms with E-state index in [4.69, 9.17) is 14.3 Å². The van der Waals surface area contributed by atoms with Gasteiger partial charge in [0.25, 0.3) is 0 Å². The molecule has 2 amide bonds. The molecule has 2 aromatic heterocycles. The number of rotatable bonds is 10. The summed E-state index contributed by atoms with van der Waals surface area (Å²) in [5.41, 5.74) is 1.99. The van der Waals surface area contributed by atoms with Gasteiger partial charge in [-0.2, -0.15) is 0 Å². The number of ketones is 1. The molecule has 1 aliphatic heterocycles. The van der Waals surface area contributed by atoms with Gasteiger partial charge < -0.3 is 24.5 Å². The fraction of sp³-hybridized carbons (Fsp3) is 0.346. The lowest BCUT2D eigenvalue weighted by molar-refractivity contribution is -0.138. The second-order valence-corrected chi connectivity index (χ2v) is 9.79. The Morgan fingerprint density at radius 2 is 2.05 bits per heavy atom. The van der Waals surface area contributed by atoms with Crippen LogP contribution in [0.4, 0.5) is 5.00 Å². The third-order valence-electron chi connectivity index (χ3n) is 6.37. The zero-order valence-corrected chi connectivity index (χ0v) is 21.5. The van der Waals surface area contributed by atoms with Crippen LogP contribution in [0.1, 0.15) is 34.8 Å². The summed E-state index contributed by atoms with van der Waals surface area (Å²) in [5.74, 6) is -3.24. The first-order chi connectivity index (χ1) is 17.7. The van der Waals surface area contributed by atoms with E-state index in [1.807, 2.05) is 24.3 Å². The van der Waals surface area contributed by atoms with Gasteiger partial charge in [-0.25, -0.2) is 4.98 Å². The molecule has 0 spiro atoms. The van der Waals surface area contributed by atoms with Crippen LogP contribution >= 0.6 is 11.3 Å². The molecule has 3 heterocycles. The molecular formula is C26H27N3O7S. The van der Waals surface area contributed by atoms with E-state index < -0.39 is 36.2 Å². The summed E-state index contributed by atoms with van der Waals surface area (Å²) in [6, 6.07) is 7.52. The van der Waals surface area contributed by atoms with Crippen LogP contribution in [0.3, 0.4) is 0 Å². The van der Waals surface area contributed by atoms with Gasteiger partial charge in [0.15, 0.2) is 5.78 Å². The summed E-state index contributed by atoms with van der Waals surface area (Å²) in [6.45, 7) is 3.13. The van der Waals surface area contributed by atoms with Crippen LogP contribution in [0.2, 0.25) is 0 Å². The molecule has 0 bridgehead atoms. The largest absolute Gasteiger partial charge is 0.496 e. The minimum Gasteiger partial charge on any atom is -0.496 e. The van der Waals surface area contributed by atoms with Crippen LogP contribution < -0.4 is 15.0 Å². The van der Waals surface area contributed by atoms with E-state index in [1.165, 1.54) is 23.8 Å². The Morgan fingerprint density at radius 3 is 2.73 bits per heavy atom. The smallest absolute Gasteiger partial charge is 0.322 e. The van der Waals surface area contributed by atoms with Crippen molar-refractivity contribution in [1.82, 2.24) is 10.3 Å². The Morgan fingerprint density at radius 1 is 1.30 bits per heavy atom. The monoisotopic (exact) mass is 525 g/mol. The van der Waals surface area contributed by atoms with Gasteiger partial charge in [-0.05, 0) is 37.0 Å². The highest BCUT2D eigenvalue weighted by molar-refractivity contribution is 7.20. The second-order valence-electron chi connectivity index (χ2n) is 8.79. The van der Waals surface area contributed by atoms with Crippen molar-refractivity contribution < 1.29 is 33.4 Å². The number of anilines is 1. The maximum absolute atomic E-state index is 13.7. The number of ether oxygens (including phenoxy) is 1. The van der Waals surface area contributed by atoms with Crippen molar-refractivity contribution >= 4 is 39.9 Å². The SMILES string of the molecule is COc1ccccc1CCN1C(=O)C(CC(C)C(=O)NCC(=O)O)C(=O)c2c1sc(-c1ncco1)c2C. The van der Waals surface area contributed by atoms with Crippen LogP contribution in [-0.4, -0.2) is 53.9 Å². The zero-order chi connectivity index (χ0) is 26.7. The maximum Gasteiger partial charge on any atom is 0.322 e. The van der Waals surface area contributed by atoms with Crippen LogP contribution in [0.25, 0.3) is 10.8 Å². The van der Waals surface area contributed by atoms with Crippen LogP contribution in [0.5, 0.6) is 5.75 Å². The maximum atomic E-state index is 13.7. The Bertz CT molecular complexity index is 1330. The van der Waals surface area contributed by atoms with Crippen LogP contribution in [0.15, 0.2) is 41.1 Å². The van der Waals surface area contributed by atoms with E-state index in [1.54, 1.807) is 25.9 Å². The van der Waals surface area contributed by atoms with Crippen molar-refractivity contribution in [3.63, 3.8) is 0 Å². The summed E-state index contributed by atoms with van der Waals surface area (Å²) in [4.78, 5) is 57.1. The number of oxazole rings is 1. The van der Waals surface area contributed by atoms with Crippen LogP contribution in [-0.2, 0) is 20.8 Å². The van der Waals surface area contributed by atoms with Gasteiger partial charge in [-0.3, -0.25) is 19.2 Å². The quantitative estimate of drug-likeness (QED) is 0.384. The molecule has 0 saturated heterocycles. The number of carboxylic acids is 1. The molecule has 0 saturated carbocycles. The minimum absolute atomic E-state index is 0.0443. The Labute approximate surface area is 217 Å². The third kappa shape index (κ3) is 5.26. The summed E-state index contributed by atoms with van der Waals surface area (Å²) >= 11 is 1.27. The predicted molar refractivity (Wildman–Crippen MR) is 136 cm³/mol. The van der Waals surface area contributed by atoms with Crippen molar-refractivity contribution in [2.75, 3.05) is 25.1 Å². The first-order valence-electron chi connectivity index (χ1n) is 11.7. The van der Waals surface area contributed by atoms with Gasteiger partial charge in [0.1, 0.15) is 29.5 Å². The molecule has 37 heavy (non-hydrogen) atoms. The standard InChI is InChI=1S/C26H27N3O7S/c1-14(23(33)28-13-19(30)31)12-17-21(32)20-15(2)22(24-27-9-11-36-24)37-26(20)29(25(17)34)10-8-16-6-4-5-7-18(16)35-3/h4-7,9,11,14,17H,8,10,12-13H2,1-3H3,(H,28,33)(H,30,31). The highest BCUT2D eigenvalue weighted by Crippen LogP contribution is 2.46. The number of aromatic nitrogens is 1. The van der Waals surface area contributed by atoms with Gasteiger partial charge in [0.05, 0.1) is 23.7 Å². The number of thiophene rings is 1. The summed E-state index contributed by atoms with van der Waals surface area (Å²) in [7, 11) is 1.58. The van der Waals surface area contributed by atoms with E-state index in [2.05, 4.69) is 10.3 Å². The van der Waals surface area contributed by atoms with Gasteiger partial charge in [-0.15, -0.1) is 11.3 Å². The van der Waals surface area contributed by atoms with Crippen molar-refractivity contribution in [3.05, 3.63) is 53.4 Å². The number of hydrogen-bond acceptors (Lipinski definition) is 8. The van der Waals surface area contributed by atoms with Gasteiger partial charge in [-0.1, -0.05) is 25.1 Å². The molecule has 1 aliphatic rings. The van der Waals surface area contributed by atoms with E-state index in [-0.39, 0.29) is 12.2 Å². The Balaban J connectivity index is 1.68. The lowest BCUT2D eigenvalue weighted by Gasteiger charge is -2.32. The molecule has 3 aromatic rings. The number of amides is 2. The molecule has 194 valence electrons. The lowest BCUT2D eigenvalue weighted by Crippen LogP contribution is -2.46. The zero-order valence-electron chi connectivity index (χ0n) is 20.6. The number of benzene rings is 1. The average molecular weight is 526 g/mol. The normalized spacial score (nSPS) is 15.9. The number of para-hydroxylation sites is 1. The summed E-state index contributed by atoms with van der Waals surface area (Å²) in [5, 5.41) is 11.7. The van der Waals surface area contributed by atoms with E-state index in [0.717, 1.165) is 5.56 Å². The number of Topliss-reactive ketones (excluding diaryl/α,β-unsaturated/α-hetero) is 1. The van der Waals surface area contributed by atoms with E-state index in [9.17, 15) is 19.2 Å². The molecule has 1 aromatic carbocycles. The number of fused-ring (bicyclic) bond motifs is 1. The van der Waals surface area contributed by atoms with Crippen molar-refractivity contribution in [3.8, 4) is 16.5 Å². The molecule has 10 nitrogen and oxygen atoms in total. The predicted octanol–water partition coefficient (Wildman–Crippen LogP) is 3.34. The number of aliphatic carboxylic acids is 1. The van der Waals surface area contributed by atoms with Crippen molar-refractivity contribution in [2.45, 2.75) is 26.7 Å². The number of nitrogens with zero attached hydrogens (tertiary/aromatic N) is 2. The van der Waals surface area contributed by atoms with Gasteiger partial charge in [0.2, 0.25) is 17.7 Å². The second kappa shape index (κ2) is 11.0. The number of carbonyl (C=O) groups is 4. The number of carboxylic acid groups (broad SMARTS) is 1. The molecule has 4 rings (SSSR count). The van der Waals surface area contributed by atoms with E-state index >= 15 is 0 Å². The molecule has 0 fully saturated rings. The van der Waals surface area contributed by atoms with Gasteiger partial charge >= 0.3 is 5.97 Å². The van der Waals surface area contributed by atoms with Crippen LogP contribution in [0, 0.1) is 18.8 Å². The Kier molecular flexibility index (Phi) is 7.72. The molecule has 2 atom stereocenters. The molecular weight excluding hydrogens is 498 g/mol. The average Bonchev–Trinajstić information content (AvgIpc) is 3.53. The molecule has 11 heteroatoms. The number of nitrogens with one attached hydrogen (secondary N) is 1. The molecule has 0 aliphatic carbocycles.